The van der Waals surface area contributed by atoms with Crippen molar-refractivity contribution in [2.75, 3.05) is 0 Å². The first-order valence-electron chi connectivity index (χ1n) is 8.98. The molecule has 3 rings (SSSR count). The molecule has 0 aliphatic heterocycles. The van der Waals surface area contributed by atoms with Gasteiger partial charge >= 0.3 is 5.97 Å². The Morgan fingerprint density at radius 3 is 2.50 bits per heavy atom. The number of carbonyl (C=O) groups excluding carboxylic acids is 2. The molecular weight excluding hydrogens is 370 g/mol. The molecule has 0 saturated heterocycles. The summed E-state index contributed by atoms with van der Waals surface area (Å²) in [7, 11) is 0. The molecule has 0 aromatic heterocycles. The zero-order chi connectivity index (χ0) is 20.5. The number of carbonyl (C=O) groups is 2. The molecule has 1 aromatic carbocycles. The van der Waals surface area contributed by atoms with E-state index in [2.05, 4.69) is 5.32 Å². The highest BCUT2D eigenvalue weighted by Crippen LogP contribution is 2.33. The fraction of sp³-hybridized carbons (Fsp3) is 0.474. The van der Waals surface area contributed by atoms with Gasteiger partial charge < -0.3 is 35.6 Å². The number of phenolic OH excluding ortho intramolecular Hbond substituents is 2. The van der Waals surface area contributed by atoms with E-state index in [1.165, 1.54) is 24.3 Å². The Bertz CT molecular complexity index is 790. The van der Waals surface area contributed by atoms with E-state index in [1.54, 1.807) is 0 Å². The van der Waals surface area contributed by atoms with Crippen molar-refractivity contribution < 1.29 is 39.9 Å². The second kappa shape index (κ2) is 7.78. The van der Waals surface area contributed by atoms with Crippen LogP contribution in [0, 0.1) is 0 Å². The molecule has 1 amide bonds. The summed E-state index contributed by atoms with van der Waals surface area (Å²) in [5.41, 5.74) is -1.53. The molecule has 2 aliphatic carbocycles. The zero-order valence-corrected chi connectivity index (χ0v) is 15.0. The summed E-state index contributed by atoms with van der Waals surface area (Å²) < 4.78 is 5.13. The summed E-state index contributed by atoms with van der Waals surface area (Å²) in [6.45, 7) is 0. The van der Waals surface area contributed by atoms with Gasteiger partial charge in [-0.25, -0.2) is 4.79 Å². The first-order chi connectivity index (χ1) is 13.2. The highest BCUT2D eigenvalue weighted by molar-refractivity contribution is 5.88. The lowest BCUT2D eigenvalue weighted by Gasteiger charge is -2.40. The van der Waals surface area contributed by atoms with E-state index in [0.29, 0.717) is 5.56 Å². The Hall–Kier alpha value is -2.62. The van der Waals surface area contributed by atoms with E-state index < -0.39 is 35.8 Å². The summed E-state index contributed by atoms with van der Waals surface area (Å²) >= 11 is 0. The highest BCUT2D eigenvalue weighted by Gasteiger charge is 2.50. The maximum Gasteiger partial charge on any atom is 0.331 e. The van der Waals surface area contributed by atoms with Gasteiger partial charge in [-0.05, 0) is 36.6 Å². The number of hydrogen-bond acceptors (Lipinski definition) is 8. The average molecular weight is 393 g/mol. The van der Waals surface area contributed by atoms with Crippen LogP contribution in [0.3, 0.4) is 0 Å². The van der Waals surface area contributed by atoms with Crippen LogP contribution < -0.4 is 5.32 Å². The molecule has 1 unspecified atom stereocenters. The number of hydrogen-bond donors (Lipinski definition) is 6. The Balaban J connectivity index is 1.64. The number of benzene rings is 1. The molecule has 4 atom stereocenters. The number of aliphatic hydroxyl groups excluding tert-OH is 2. The quantitative estimate of drug-likeness (QED) is 0.223. The third-order valence-electron chi connectivity index (χ3n) is 4.87. The molecule has 0 radical (unpaired) electrons. The van der Waals surface area contributed by atoms with Gasteiger partial charge in [-0.1, -0.05) is 6.07 Å². The molecule has 9 heteroatoms. The highest BCUT2D eigenvalue weighted by atomic mass is 16.6. The first-order valence-corrected chi connectivity index (χ1v) is 8.98. The molecule has 2 fully saturated rings. The van der Waals surface area contributed by atoms with E-state index in [-0.39, 0.29) is 30.4 Å². The van der Waals surface area contributed by atoms with Crippen LogP contribution in [0.15, 0.2) is 24.3 Å². The maximum absolute atomic E-state index is 12.3. The van der Waals surface area contributed by atoms with Crippen molar-refractivity contribution in [3.05, 3.63) is 29.8 Å². The van der Waals surface area contributed by atoms with Crippen LogP contribution in [0.4, 0.5) is 0 Å². The van der Waals surface area contributed by atoms with E-state index in [9.17, 15) is 35.1 Å². The lowest BCUT2D eigenvalue weighted by Crippen LogP contribution is -2.60. The summed E-state index contributed by atoms with van der Waals surface area (Å²) in [5.74, 6) is -2.18. The van der Waals surface area contributed by atoms with Crippen molar-refractivity contribution in [1.29, 1.82) is 0 Å². The van der Waals surface area contributed by atoms with Crippen molar-refractivity contribution in [2.45, 2.75) is 55.6 Å². The molecule has 9 nitrogen and oxygen atoms in total. The van der Waals surface area contributed by atoms with Crippen LogP contribution in [0.1, 0.15) is 31.2 Å². The summed E-state index contributed by atoms with van der Waals surface area (Å²) in [6.07, 6.45) is -0.853. The van der Waals surface area contributed by atoms with Crippen molar-refractivity contribution in [3.63, 3.8) is 0 Å². The van der Waals surface area contributed by atoms with Crippen LogP contribution in [0.2, 0.25) is 0 Å². The lowest BCUT2D eigenvalue weighted by atomic mass is 9.79. The van der Waals surface area contributed by atoms with Crippen LogP contribution in [0.5, 0.6) is 11.5 Å². The minimum atomic E-state index is -1.95. The summed E-state index contributed by atoms with van der Waals surface area (Å²) in [4.78, 5) is 24.3. The number of aliphatic hydroxyl groups is 3. The van der Waals surface area contributed by atoms with Crippen molar-refractivity contribution in [3.8, 4) is 11.5 Å². The van der Waals surface area contributed by atoms with Crippen molar-refractivity contribution >= 4 is 18.0 Å². The molecule has 0 heterocycles. The average Bonchev–Trinajstić information content (AvgIpc) is 3.44. The molecule has 1 aromatic rings. The van der Waals surface area contributed by atoms with Crippen molar-refractivity contribution in [1.82, 2.24) is 5.32 Å². The molecule has 2 saturated carbocycles. The predicted octanol–water partition coefficient (Wildman–Crippen LogP) is -0.452. The molecular formula is C19H23NO8. The molecule has 0 bridgehead atoms. The SMILES string of the molecule is O=C(C=Cc1ccc(O)c(O)c1)O[C@@H]1C[C@@](O)(C(=O)NC2CC2)C[C@@H](O)C1O. The van der Waals surface area contributed by atoms with Gasteiger partial charge in [0.25, 0.3) is 5.91 Å². The Labute approximate surface area is 160 Å². The summed E-state index contributed by atoms with van der Waals surface area (Å²) in [6, 6.07) is 3.95. The number of rotatable bonds is 5. The normalized spacial score (nSPS) is 30.2. The summed E-state index contributed by atoms with van der Waals surface area (Å²) in [5, 5.41) is 52.1. The fourth-order valence-corrected chi connectivity index (χ4v) is 3.09. The number of nitrogens with one attached hydrogen (secondary N) is 1. The monoisotopic (exact) mass is 393 g/mol. The third kappa shape index (κ3) is 4.61. The number of amides is 1. The van der Waals surface area contributed by atoms with Gasteiger partial charge in [-0.2, -0.15) is 0 Å². The second-order valence-electron chi connectivity index (χ2n) is 7.30. The topological polar surface area (TPSA) is 157 Å². The van der Waals surface area contributed by atoms with Gasteiger partial charge in [0.2, 0.25) is 0 Å². The van der Waals surface area contributed by atoms with Gasteiger partial charge in [0.15, 0.2) is 11.5 Å². The number of phenols is 2. The Morgan fingerprint density at radius 1 is 1.14 bits per heavy atom. The van der Waals surface area contributed by atoms with Gasteiger partial charge in [-0.3, -0.25) is 4.79 Å². The number of aromatic hydroxyl groups is 2. The van der Waals surface area contributed by atoms with E-state index in [4.69, 9.17) is 4.74 Å². The minimum absolute atomic E-state index is 0.00572. The molecule has 6 N–H and O–H groups in total. The van der Waals surface area contributed by atoms with Crippen LogP contribution in [-0.2, 0) is 14.3 Å². The zero-order valence-electron chi connectivity index (χ0n) is 15.0. The van der Waals surface area contributed by atoms with Crippen LogP contribution in [-0.4, -0.2) is 67.4 Å². The number of ether oxygens (including phenoxy) is 1. The number of esters is 1. The molecule has 2 aliphatic rings. The lowest BCUT2D eigenvalue weighted by molar-refractivity contribution is -0.187. The molecule has 0 spiro atoms. The van der Waals surface area contributed by atoms with Crippen molar-refractivity contribution in [2.24, 2.45) is 0 Å². The standard InChI is InChI=1S/C19H23NO8/c21-12-5-1-10(7-13(12)22)2-6-16(24)28-15-9-19(27,8-14(23)17(15)25)18(26)20-11-3-4-11/h1-2,5-7,11,14-15,17,21-23,25,27H,3-4,8-9H2,(H,20,26)/t14-,15-,17?,19-/m1/s1. The predicted molar refractivity (Wildman–Crippen MR) is 96.0 cm³/mol. The van der Waals surface area contributed by atoms with Crippen LogP contribution in [0.25, 0.3) is 6.08 Å². The molecule has 152 valence electrons. The Kier molecular flexibility index (Phi) is 5.59. The smallest absolute Gasteiger partial charge is 0.331 e. The Morgan fingerprint density at radius 2 is 1.86 bits per heavy atom. The van der Waals surface area contributed by atoms with Gasteiger partial charge in [-0.15, -0.1) is 0 Å². The van der Waals surface area contributed by atoms with E-state index in [0.717, 1.165) is 18.9 Å². The van der Waals surface area contributed by atoms with E-state index >= 15 is 0 Å². The largest absolute Gasteiger partial charge is 0.504 e. The van der Waals surface area contributed by atoms with Crippen LogP contribution >= 0.6 is 0 Å². The first kappa shape index (κ1) is 20.1. The minimum Gasteiger partial charge on any atom is -0.504 e. The second-order valence-corrected chi connectivity index (χ2v) is 7.30. The maximum atomic E-state index is 12.3. The third-order valence-corrected chi connectivity index (χ3v) is 4.87. The molecule has 28 heavy (non-hydrogen) atoms. The van der Waals surface area contributed by atoms with Gasteiger partial charge in [0, 0.05) is 25.0 Å². The van der Waals surface area contributed by atoms with Gasteiger partial charge in [0.1, 0.15) is 17.8 Å². The van der Waals surface area contributed by atoms with E-state index in [1.807, 2.05) is 0 Å². The fourth-order valence-electron chi connectivity index (χ4n) is 3.09. The van der Waals surface area contributed by atoms with Gasteiger partial charge in [0.05, 0.1) is 6.10 Å².